The summed E-state index contributed by atoms with van der Waals surface area (Å²) in [5.41, 5.74) is 1.95. The Labute approximate surface area is 117 Å². The van der Waals surface area contributed by atoms with Crippen molar-refractivity contribution in [1.82, 2.24) is 9.55 Å². The lowest BCUT2D eigenvalue weighted by molar-refractivity contribution is -0.143. The highest BCUT2D eigenvalue weighted by molar-refractivity contribution is 6.29. The molecule has 0 radical (unpaired) electrons. The maximum Gasteiger partial charge on any atom is 0.306 e. The van der Waals surface area contributed by atoms with E-state index in [1.807, 2.05) is 13.0 Å². The van der Waals surface area contributed by atoms with Crippen LogP contribution in [-0.4, -0.2) is 22.1 Å². The Bertz CT molecular complexity index is 592. The van der Waals surface area contributed by atoms with Gasteiger partial charge < -0.3 is 9.30 Å². The van der Waals surface area contributed by atoms with Gasteiger partial charge >= 0.3 is 5.97 Å². The van der Waals surface area contributed by atoms with E-state index in [0.29, 0.717) is 24.6 Å². The first kappa shape index (κ1) is 13.9. The van der Waals surface area contributed by atoms with Crippen molar-refractivity contribution in [3.05, 3.63) is 29.0 Å². The smallest absolute Gasteiger partial charge is 0.306 e. The zero-order valence-electron chi connectivity index (χ0n) is 11.1. The van der Waals surface area contributed by atoms with Crippen LogP contribution in [0.15, 0.2) is 18.2 Å². The van der Waals surface area contributed by atoms with E-state index < -0.39 is 0 Å². The number of pyridine rings is 1. The molecule has 0 aliphatic heterocycles. The number of fused-ring (bicyclic) bond motifs is 1. The Morgan fingerprint density at radius 3 is 2.89 bits per heavy atom. The van der Waals surface area contributed by atoms with Crippen molar-refractivity contribution in [3.8, 4) is 0 Å². The predicted molar refractivity (Wildman–Crippen MR) is 75.4 cm³/mol. The number of carbonyl (C=O) groups excluding carboxylic acids is 1. The van der Waals surface area contributed by atoms with Crippen LogP contribution in [0.4, 0.5) is 0 Å². The van der Waals surface area contributed by atoms with E-state index in [0.717, 1.165) is 23.3 Å². The maximum atomic E-state index is 11.4. The molecule has 2 rings (SSSR count). The highest BCUT2D eigenvalue weighted by atomic mass is 35.5. The lowest BCUT2D eigenvalue weighted by atomic mass is 10.2. The van der Waals surface area contributed by atoms with Gasteiger partial charge in [0.15, 0.2) is 0 Å². The molecule has 0 saturated heterocycles. The molecule has 0 bridgehead atoms. The second kappa shape index (κ2) is 6.06. The third kappa shape index (κ3) is 3.07. The fraction of sp³-hybridized carbons (Fsp3) is 0.429. The number of hydrogen-bond acceptors (Lipinski definition) is 3. The molecule has 0 aliphatic carbocycles. The maximum absolute atomic E-state index is 11.4. The molecule has 4 nitrogen and oxygen atoms in total. The number of aryl methyl sites for hydroxylation is 2. The summed E-state index contributed by atoms with van der Waals surface area (Å²) < 4.78 is 7.03. The third-order valence-electron chi connectivity index (χ3n) is 3.00. The largest absolute Gasteiger partial charge is 0.466 e. The van der Waals surface area contributed by atoms with Crippen molar-refractivity contribution >= 4 is 28.6 Å². The van der Waals surface area contributed by atoms with Gasteiger partial charge in [-0.1, -0.05) is 11.6 Å². The van der Waals surface area contributed by atoms with Gasteiger partial charge in [0, 0.05) is 17.6 Å². The number of ether oxygens (including phenoxy) is 1. The zero-order valence-corrected chi connectivity index (χ0v) is 11.9. The second-order valence-electron chi connectivity index (χ2n) is 4.23. The molecular weight excluding hydrogens is 264 g/mol. The van der Waals surface area contributed by atoms with E-state index in [2.05, 4.69) is 22.5 Å². The summed E-state index contributed by atoms with van der Waals surface area (Å²) in [6.07, 6.45) is 1.04. The Morgan fingerprint density at radius 1 is 1.42 bits per heavy atom. The minimum Gasteiger partial charge on any atom is -0.466 e. The summed E-state index contributed by atoms with van der Waals surface area (Å²) >= 11 is 5.93. The number of esters is 1. The van der Waals surface area contributed by atoms with Crippen molar-refractivity contribution in [2.24, 2.45) is 0 Å². The highest BCUT2D eigenvalue weighted by Crippen LogP contribution is 2.21. The van der Waals surface area contributed by atoms with Gasteiger partial charge in [0.1, 0.15) is 10.8 Å². The second-order valence-corrected chi connectivity index (χ2v) is 4.62. The summed E-state index contributed by atoms with van der Waals surface area (Å²) in [4.78, 5) is 15.8. The van der Waals surface area contributed by atoms with E-state index in [1.165, 1.54) is 0 Å². The molecule has 19 heavy (non-hydrogen) atoms. The Morgan fingerprint density at radius 2 is 2.21 bits per heavy atom. The molecule has 2 heterocycles. The minimum atomic E-state index is -0.165. The van der Waals surface area contributed by atoms with Crippen LogP contribution < -0.4 is 0 Å². The van der Waals surface area contributed by atoms with E-state index in [1.54, 1.807) is 6.07 Å². The van der Waals surface area contributed by atoms with Gasteiger partial charge in [-0.3, -0.25) is 4.79 Å². The van der Waals surface area contributed by atoms with Crippen molar-refractivity contribution < 1.29 is 9.53 Å². The van der Waals surface area contributed by atoms with Gasteiger partial charge in [-0.05, 0) is 38.5 Å². The van der Waals surface area contributed by atoms with E-state index in [9.17, 15) is 4.79 Å². The topological polar surface area (TPSA) is 44.1 Å². The molecule has 0 aromatic carbocycles. The fourth-order valence-corrected chi connectivity index (χ4v) is 2.32. The monoisotopic (exact) mass is 280 g/mol. The van der Waals surface area contributed by atoms with Crippen molar-refractivity contribution in [2.45, 2.75) is 33.2 Å². The van der Waals surface area contributed by atoms with Gasteiger partial charge in [0.25, 0.3) is 0 Å². The lowest BCUT2D eigenvalue weighted by Crippen LogP contribution is -2.08. The number of rotatable bonds is 5. The Kier molecular flexibility index (Phi) is 4.43. The summed E-state index contributed by atoms with van der Waals surface area (Å²) in [7, 11) is 0. The van der Waals surface area contributed by atoms with Gasteiger partial charge in [-0.25, -0.2) is 4.98 Å². The average molecular weight is 281 g/mol. The van der Waals surface area contributed by atoms with Gasteiger partial charge in [-0.2, -0.15) is 0 Å². The molecule has 2 aromatic heterocycles. The first-order chi connectivity index (χ1) is 9.15. The molecule has 0 unspecified atom stereocenters. The molecule has 0 saturated carbocycles. The molecule has 5 heteroatoms. The van der Waals surface area contributed by atoms with Crippen molar-refractivity contribution in [3.63, 3.8) is 0 Å². The van der Waals surface area contributed by atoms with Crippen LogP contribution in [-0.2, 0) is 22.5 Å². The van der Waals surface area contributed by atoms with Crippen LogP contribution in [0.25, 0.3) is 11.0 Å². The predicted octanol–water partition coefficient (Wildman–Crippen LogP) is 3.21. The van der Waals surface area contributed by atoms with Crippen LogP contribution in [0.5, 0.6) is 0 Å². The Hall–Kier alpha value is -1.55. The average Bonchev–Trinajstić information content (AvgIpc) is 2.73. The SMILES string of the molecule is CCOC(=O)CCc1cc2ccc(Cl)nc2n1CC. The molecule has 0 N–H and O–H groups in total. The molecule has 0 amide bonds. The van der Waals surface area contributed by atoms with Crippen molar-refractivity contribution in [2.75, 3.05) is 6.61 Å². The van der Waals surface area contributed by atoms with Crippen LogP contribution in [0.3, 0.4) is 0 Å². The van der Waals surface area contributed by atoms with Crippen LogP contribution in [0, 0.1) is 0 Å². The van der Waals surface area contributed by atoms with Crippen LogP contribution >= 0.6 is 11.6 Å². The molecule has 2 aromatic rings. The van der Waals surface area contributed by atoms with E-state index >= 15 is 0 Å². The number of aromatic nitrogens is 2. The van der Waals surface area contributed by atoms with Gasteiger partial charge in [0.05, 0.1) is 13.0 Å². The lowest BCUT2D eigenvalue weighted by Gasteiger charge is -2.07. The molecule has 102 valence electrons. The number of hydrogen-bond donors (Lipinski definition) is 0. The zero-order chi connectivity index (χ0) is 13.8. The normalized spacial score (nSPS) is 10.9. The molecule has 0 aliphatic rings. The highest BCUT2D eigenvalue weighted by Gasteiger charge is 2.11. The number of carbonyl (C=O) groups is 1. The molecule has 0 atom stereocenters. The van der Waals surface area contributed by atoms with E-state index in [-0.39, 0.29) is 5.97 Å². The first-order valence-electron chi connectivity index (χ1n) is 6.46. The first-order valence-corrected chi connectivity index (χ1v) is 6.83. The third-order valence-corrected chi connectivity index (χ3v) is 3.21. The van der Waals surface area contributed by atoms with Gasteiger partial charge in [0.2, 0.25) is 0 Å². The van der Waals surface area contributed by atoms with E-state index in [4.69, 9.17) is 16.3 Å². The molecular formula is C14H17ClN2O2. The molecule has 0 fully saturated rings. The quantitative estimate of drug-likeness (QED) is 0.624. The van der Waals surface area contributed by atoms with Gasteiger partial charge in [-0.15, -0.1) is 0 Å². The summed E-state index contributed by atoms with van der Waals surface area (Å²) in [5, 5.41) is 1.53. The number of halogens is 1. The minimum absolute atomic E-state index is 0.165. The summed E-state index contributed by atoms with van der Waals surface area (Å²) in [6.45, 7) is 5.09. The van der Waals surface area contributed by atoms with Crippen molar-refractivity contribution in [1.29, 1.82) is 0 Å². The number of nitrogens with zero attached hydrogens (tertiary/aromatic N) is 2. The Balaban J connectivity index is 2.25. The summed E-state index contributed by atoms with van der Waals surface area (Å²) in [5.74, 6) is -0.165. The van der Waals surface area contributed by atoms with Crippen LogP contribution in [0.1, 0.15) is 26.0 Å². The van der Waals surface area contributed by atoms with Crippen LogP contribution in [0.2, 0.25) is 5.15 Å². The molecule has 0 spiro atoms. The standard InChI is InChI=1S/C14H17ClN2O2/c1-3-17-11(6-8-13(18)19-4-2)9-10-5-7-12(15)16-14(10)17/h5,7,9H,3-4,6,8H2,1-2H3. The summed E-state index contributed by atoms with van der Waals surface area (Å²) in [6, 6.07) is 5.78. The fourth-order valence-electron chi connectivity index (χ4n) is 2.18.